The molecule has 1 N–H and O–H groups in total. The third kappa shape index (κ3) is 4.22. The number of non-ortho nitro benzene ring substituents is 1. The van der Waals surface area contributed by atoms with Crippen LogP contribution in [0, 0.1) is 32.8 Å². The first-order chi connectivity index (χ1) is 12.3. The first-order valence-electron chi connectivity index (χ1n) is 8.03. The van der Waals surface area contributed by atoms with Gasteiger partial charge in [0.25, 0.3) is 5.69 Å². The van der Waals surface area contributed by atoms with Gasteiger partial charge in [-0.3, -0.25) is 14.9 Å². The highest BCUT2D eigenvalue weighted by molar-refractivity contribution is 6.06. The van der Waals surface area contributed by atoms with Crippen LogP contribution >= 0.6 is 0 Å². The Hall–Kier alpha value is -3.28. The van der Waals surface area contributed by atoms with Crippen LogP contribution in [0.25, 0.3) is 0 Å². The quantitative estimate of drug-likeness (QED) is 0.341. The number of nitro groups is 1. The van der Waals surface area contributed by atoms with Crippen molar-refractivity contribution >= 4 is 28.8 Å². The van der Waals surface area contributed by atoms with Crippen molar-refractivity contribution in [1.82, 2.24) is 0 Å². The number of carbonyl (C=O) groups excluding carboxylic acids is 2. The number of carbonyl (C=O) groups is 2. The number of nitriles is 1. The molecule has 1 aromatic carbocycles. The molecule has 0 saturated carbocycles. The fourth-order valence-electron chi connectivity index (χ4n) is 2.74. The summed E-state index contributed by atoms with van der Waals surface area (Å²) in [6.45, 7) is 2.09. The van der Waals surface area contributed by atoms with Crippen LogP contribution in [0.2, 0.25) is 0 Å². The third-order valence-electron chi connectivity index (χ3n) is 4.09. The molecule has 1 saturated heterocycles. The molecule has 0 amide bonds. The first-order valence-corrected chi connectivity index (χ1v) is 8.03. The zero-order valence-electron chi connectivity index (χ0n) is 14.2. The van der Waals surface area contributed by atoms with E-state index in [0.29, 0.717) is 5.69 Å². The van der Waals surface area contributed by atoms with Crippen molar-refractivity contribution in [2.24, 2.45) is 5.92 Å². The van der Waals surface area contributed by atoms with Crippen molar-refractivity contribution in [3.05, 3.63) is 33.9 Å². The van der Waals surface area contributed by atoms with Crippen molar-refractivity contribution < 1.29 is 19.2 Å². The Labute approximate surface area is 149 Å². The molecule has 1 heterocycles. The van der Waals surface area contributed by atoms with Crippen LogP contribution < -0.4 is 4.90 Å². The lowest BCUT2D eigenvalue weighted by Gasteiger charge is -2.20. The van der Waals surface area contributed by atoms with Crippen LogP contribution in [0.15, 0.2) is 18.2 Å². The van der Waals surface area contributed by atoms with Gasteiger partial charge in [-0.2, -0.15) is 5.26 Å². The molecule has 2 rings (SSSR count). The fraction of sp³-hybridized carbons (Fsp3) is 0.412. The van der Waals surface area contributed by atoms with Gasteiger partial charge in [-0.1, -0.05) is 0 Å². The Balaban J connectivity index is 2.22. The number of hydrogen-bond donors (Lipinski definition) is 1. The summed E-state index contributed by atoms with van der Waals surface area (Å²) in [5.41, 5.74) is 0.137. The Morgan fingerprint density at radius 3 is 2.62 bits per heavy atom. The van der Waals surface area contributed by atoms with Crippen LogP contribution in [0.1, 0.15) is 30.1 Å². The number of nitrogens with one attached hydrogen (secondary N) is 1. The predicted molar refractivity (Wildman–Crippen MR) is 92.3 cm³/mol. The summed E-state index contributed by atoms with van der Waals surface area (Å²) in [5, 5.41) is 27.3. The van der Waals surface area contributed by atoms with E-state index in [9.17, 15) is 19.7 Å². The second-order valence-corrected chi connectivity index (χ2v) is 5.94. The summed E-state index contributed by atoms with van der Waals surface area (Å²) in [5.74, 6) is -2.85. The molecule has 136 valence electrons. The number of nitrogens with zero attached hydrogens (tertiary/aromatic N) is 3. The summed E-state index contributed by atoms with van der Waals surface area (Å²) in [6, 6.07) is 5.63. The van der Waals surface area contributed by atoms with Gasteiger partial charge >= 0.3 is 5.97 Å². The number of benzene rings is 1. The molecule has 0 bridgehead atoms. The number of anilines is 1. The minimum atomic E-state index is -1.27. The maximum absolute atomic E-state index is 12.4. The lowest BCUT2D eigenvalue weighted by atomic mass is 10.0. The predicted octanol–water partition coefficient (Wildman–Crippen LogP) is 2.10. The van der Waals surface area contributed by atoms with Crippen LogP contribution in [-0.2, 0) is 9.53 Å². The molecule has 0 aliphatic carbocycles. The van der Waals surface area contributed by atoms with E-state index in [4.69, 9.17) is 15.4 Å². The smallest absolute Gasteiger partial charge is 0.340 e. The maximum atomic E-state index is 12.4. The van der Waals surface area contributed by atoms with Crippen molar-refractivity contribution in [2.75, 3.05) is 24.6 Å². The SMILES string of the molecule is CC(=N)C(C#N)C(=O)COC(=O)c1cc([N+](=O)[O-])ccc1N1CCCC1. The Morgan fingerprint density at radius 2 is 2.08 bits per heavy atom. The number of hydrogen-bond acceptors (Lipinski definition) is 8. The molecule has 9 heteroatoms. The standard InChI is InChI=1S/C17H18N4O5/c1-11(19)14(9-18)16(22)10-26-17(23)13-8-12(21(24)25)4-5-15(13)20-6-2-3-7-20/h4-5,8,14,19H,2-3,6-7,10H2,1H3. The molecule has 0 aromatic heterocycles. The monoisotopic (exact) mass is 358 g/mol. The molecule has 0 radical (unpaired) electrons. The molecule has 1 unspecified atom stereocenters. The van der Waals surface area contributed by atoms with E-state index in [2.05, 4.69) is 0 Å². The van der Waals surface area contributed by atoms with E-state index in [1.165, 1.54) is 19.1 Å². The molecule has 26 heavy (non-hydrogen) atoms. The van der Waals surface area contributed by atoms with Crippen molar-refractivity contribution in [2.45, 2.75) is 19.8 Å². The molecule has 1 fully saturated rings. The summed E-state index contributed by atoms with van der Waals surface area (Å²) >= 11 is 0. The summed E-state index contributed by atoms with van der Waals surface area (Å²) in [4.78, 5) is 36.7. The van der Waals surface area contributed by atoms with Gasteiger partial charge in [-0.15, -0.1) is 0 Å². The van der Waals surface area contributed by atoms with Gasteiger partial charge in [0, 0.05) is 30.9 Å². The van der Waals surface area contributed by atoms with E-state index in [1.807, 2.05) is 4.90 Å². The highest BCUT2D eigenvalue weighted by atomic mass is 16.6. The van der Waals surface area contributed by atoms with Gasteiger partial charge in [0.05, 0.1) is 22.2 Å². The van der Waals surface area contributed by atoms with E-state index in [-0.39, 0.29) is 17.0 Å². The van der Waals surface area contributed by atoms with Gasteiger partial charge < -0.3 is 15.0 Å². The lowest BCUT2D eigenvalue weighted by molar-refractivity contribution is -0.384. The molecule has 1 aliphatic heterocycles. The molecule has 1 aromatic rings. The van der Waals surface area contributed by atoms with Crippen molar-refractivity contribution in [1.29, 1.82) is 10.7 Å². The number of esters is 1. The highest BCUT2D eigenvalue weighted by Gasteiger charge is 2.26. The lowest BCUT2D eigenvalue weighted by Crippen LogP contribution is -2.26. The van der Waals surface area contributed by atoms with Gasteiger partial charge in [-0.25, -0.2) is 4.79 Å². The minimum Gasteiger partial charge on any atom is -0.454 e. The van der Waals surface area contributed by atoms with Crippen LogP contribution in [0.4, 0.5) is 11.4 Å². The molecular weight excluding hydrogens is 340 g/mol. The van der Waals surface area contributed by atoms with Crippen molar-refractivity contribution in [3.8, 4) is 6.07 Å². The molecule has 1 aliphatic rings. The van der Waals surface area contributed by atoms with Gasteiger partial charge in [-0.05, 0) is 25.8 Å². The third-order valence-corrected chi connectivity index (χ3v) is 4.09. The zero-order valence-corrected chi connectivity index (χ0v) is 14.2. The van der Waals surface area contributed by atoms with Crippen LogP contribution in [0.3, 0.4) is 0 Å². The Bertz CT molecular complexity index is 793. The van der Waals surface area contributed by atoms with E-state index >= 15 is 0 Å². The summed E-state index contributed by atoms with van der Waals surface area (Å²) < 4.78 is 4.97. The van der Waals surface area contributed by atoms with E-state index in [1.54, 1.807) is 6.07 Å². The van der Waals surface area contributed by atoms with Gasteiger partial charge in [0.1, 0.15) is 5.92 Å². The number of Topliss-reactive ketones (excluding diaryl/α,β-unsaturated/α-hetero) is 1. The van der Waals surface area contributed by atoms with E-state index < -0.39 is 29.2 Å². The number of ketones is 1. The second-order valence-electron chi connectivity index (χ2n) is 5.94. The summed E-state index contributed by atoms with van der Waals surface area (Å²) in [6.07, 6.45) is 1.90. The second kappa shape index (κ2) is 8.20. The van der Waals surface area contributed by atoms with Gasteiger partial charge in [0.2, 0.25) is 0 Å². The minimum absolute atomic E-state index is 0.00832. The van der Waals surface area contributed by atoms with Crippen molar-refractivity contribution in [3.63, 3.8) is 0 Å². The molecule has 0 spiro atoms. The topological polar surface area (TPSA) is 137 Å². The average molecular weight is 358 g/mol. The first kappa shape index (κ1) is 19.1. The zero-order chi connectivity index (χ0) is 19.3. The van der Waals surface area contributed by atoms with Crippen LogP contribution in [0.5, 0.6) is 0 Å². The fourth-order valence-corrected chi connectivity index (χ4v) is 2.74. The average Bonchev–Trinajstić information content (AvgIpc) is 3.13. The number of ether oxygens (including phenoxy) is 1. The summed E-state index contributed by atoms with van der Waals surface area (Å²) in [7, 11) is 0. The molecule has 1 atom stereocenters. The molecule has 9 nitrogen and oxygen atoms in total. The van der Waals surface area contributed by atoms with E-state index in [0.717, 1.165) is 32.0 Å². The van der Waals surface area contributed by atoms with Crippen LogP contribution in [-0.4, -0.2) is 42.1 Å². The number of rotatable bonds is 7. The maximum Gasteiger partial charge on any atom is 0.340 e. The Kier molecular flexibility index (Phi) is 6.01. The normalized spacial score (nSPS) is 14.4. The Morgan fingerprint density at radius 1 is 1.42 bits per heavy atom. The largest absolute Gasteiger partial charge is 0.454 e. The highest BCUT2D eigenvalue weighted by Crippen LogP contribution is 2.29. The molecular formula is C17H18N4O5. The number of nitro benzene ring substituents is 1. The van der Waals surface area contributed by atoms with Gasteiger partial charge in [0.15, 0.2) is 12.4 Å².